The van der Waals surface area contributed by atoms with E-state index in [1.807, 2.05) is 18.4 Å². The molecule has 0 amide bonds. The van der Waals surface area contributed by atoms with E-state index >= 15 is 0 Å². The van der Waals surface area contributed by atoms with Crippen molar-refractivity contribution in [1.82, 2.24) is 0 Å². The van der Waals surface area contributed by atoms with Gasteiger partial charge in [0.15, 0.2) is 0 Å². The van der Waals surface area contributed by atoms with Crippen molar-refractivity contribution in [2.24, 2.45) is 0 Å². The molecule has 2 rings (SSSR count). The first-order valence-corrected chi connectivity index (χ1v) is 5.98. The lowest BCUT2D eigenvalue weighted by atomic mass is 10.1. The zero-order valence-corrected chi connectivity index (χ0v) is 10.2. The molecule has 0 aliphatic carbocycles. The summed E-state index contributed by atoms with van der Waals surface area (Å²) in [5.41, 5.74) is 7.68. The van der Waals surface area contributed by atoms with Crippen LogP contribution in [0.1, 0.15) is 20.8 Å². The molecule has 0 aliphatic rings. The van der Waals surface area contributed by atoms with Gasteiger partial charge in [0, 0.05) is 16.3 Å². The highest BCUT2D eigenvalue weighted by atomic mass is 35.5. The van der Waals surface area contributed by atoms with Gasteiger partial charge in [-0.2, -0.15) is 0 Å². The highest BCUT2D eigenvalue weighted by Crippen LogP contribution is 2.23. The van der Waals surface area contributed by atoms with Gasteiger partial charge in [-0.15, -0.1) is 11.3 Å². The Morgan fingerprint density at radius 3 is 2.69 bits per heavy atom. The van der Waals surface area contributed by atoms with Crippen LogP contribution in [0.3, 0.4) is 0 Å². The molecular formula is C12H10ClNOS. The van der Waals surface area contributed by atoms with Crippen molar-refractivity contribution in [2.75, 3.05) is 5.73 Å². The molecule has 0 radical (unpaired) electrons. The fraction of sp³-hybridized carbons (Fsp3) is 0.0833. The quantitative estimate of drug-likeness (QED) is 0.656. The van der Waals surface area contributed by atoms with E-state index in [0.29, 0.717) is 16.3 Å². The van der Waals surface area contributed by atoms with Crippen LogP contribution in [-0.2, 0) is 0 Å². The summed E-state index contributed by atoms with van der Waals surface area (Å²) in [4.78, 5) is 12.9. The molecule has 0 bridgehead atoms. The summed E-state index contributed by atoms with van der Waals surface area (Å²) >= 11 is 7.30. The van der Waals surface area contributed by atoms with Gasteiger partial charge in [0.1, 0.15) is 0 Å². The lowest BCUT2D eigenvalue weighted by Crippen LogP contribution is -2.01. The zero-order valence-electron chi connectivity index (χ0n) is 8.66. The Bertz CT molecular complexity index is 527. The summed E-state index contributed by atoms with van der Waals surface area (Å²) < 4.78 is 0. The van der Waals surface area contributed by atoms with Crippen LogP contribution in [0.25, 0.3) is 0 Å². The van der Waals surface area contributed by atoms with Crippen LogP contribution >= 0.6 is 22.9 Å². The monoisotopic (exact) mass is 251 g/mol. The number of thiophene rings is 1. The molecule has 16 heavy (non-hydrogen) atoms. The van der Waals surface area contributed by atoms with Crippen molar-refractivity contribution in [3.05, 3.63) is 50.7 Å². The lowest BCUT2D eigenvalue weighted by Gasteiger charge is -2.02. The van der Waals surface area contributed by atoms with Gasteiger partial charge in [-0.3, -0.25) is 4.79 Å². The van der Waals surface area contributed by atoms with E-state index in [2.05, 4.69) is 0 Å². The molecule has 0 spiro atoms. The van der Waals surface area contributed by atoms with E-state index < -0.39 is 0 Å². The Labute approximate surface area is 103 Å². The summed E-state index contributed by atoms with van der Waals surface area (Å²) in [6, 6.07) is 6.83. The SMILES string of the molecule is Cc1ccsc1C(=O)c1cc(N)cc(Cl)c1. The minimum atomic E-state index is -0.0262. The van der Waals surface area contributed by atoms with E-state index in [1.54, 1.807) is 18.2 Å². The normalized spacial score (nSPS) is 10.4. The number of nitrogens with two attached hydrogens (primary N) is 1. The van der Waals surface area contributed by atoms with Gasteiger partial charge in [0.25, 0.3) is 0 Å². The maximum Gasteiger partial charge on any atom is 0.203 e. The van der Waals surface area contributed by atoms with E-state index in [4.69, 9.17) is 17.3 Å². The third-order valence-electron chi connectivity index (χ3n) is 2.25. The molecule has 0 saturated carbocycles. The molecule has 2 N–H and O–H groups in total. The average Bonchev–Trinajstić information content (AvgIpc) is 2.62. The first-order chi connectivity index (χ1) is 7.58. The van der Waals surface area contributed by atoms with Gasteiger partial charge < -0.3 is 5.73 Å². The number of anilines is 1. The zero-order chi connectivity index (χ0) is 11.7. The van der Waals surface area contributed by atoms with Crippen molar-refractivity contribution in [1.29, 1.82) is 0 Å². The van der Waals surface area contributed by atoms with E-state index in [0.717, 1.165) is 10.4 Å². The molecule has 0 fully saturated rings. The molecular weight excluding hydrogens is 242 g/mol. The Balaban J connectivity index is 2.45. The minimum absolute atomic E-state index is 0.0262. The maximum atomic E-state index is 12.1. The fourth-order valence-electron chi connectivity index (χ4n) is 1.48. The fourth-order valence-corrected chi connectivity index (χ4v) is 2.61. The van der Waals surface area contributed by atoms with Crippen LogP contribution in [0, 0.1) is 6.92 Å². The highest BCUT2D eigenvalue weighted by molar-refractivity contribution is 7.12. The third-order valence-corrected chi connectivity index (χ3v) is 3.48. The second-order valence-corrected chi connectivity index (χ2v) is 4.89. The van der Waals surface area contributed by atoms with Gasteiger partial charge in [-0.1, -0.05) is 11.6 Å². The number of nitrogen functional groups attached to an aromatic ring is 1. The van der Waals surface area contributed by atoms with Crippen molar-refractivity contribution in [2.45, 2.75) is 6.92 Å². The Hall–Kier alpha value is -1.32. The van der Waals surface area contributed by atoms with Crippen LogP contribution in [0.2, 0.25) is 5.02 Å². The van der Waals surface area contributed by atoms with Crippen LogP contribution in [-0.4, -0.2) is 5.78 Å². The number of carbonyl (C=O) groups excluding carboxylic acids is 1. The van der Waals surface area contributed by atoms with E-state index in [-0.39, 0.29) is 5.78 Å². The summed E-state index contributed by atoms with van der Waals surface area (Å²) in [6.07, 6.45) is 0. The van der Waals surface area contributed by atoms with Gasteiger partial charge in [0.05, 0.1) is 4.88 Å². The Kier molecular flexibility index (Phi) is 2.99. The molecule has 1 heterocycles. The van der Waals surface area contributed by atoms with Crippen molar-refractivity contribution >= 4 is 34.4 Å². The number of aryl methyl sites for hydroxylation is 1. The molecule has 0 saturated heterocycles. The van der Waals surface area contributed by atoms with Gasteiger partial charge in [-0.05, 0) is 42.1 Å². The molecule has 0 unspecified atom stereocenters. The summed E-state index contributed by atoms with van der Waals surface area (Å²) in [5, 5.41) is 2.38. The molecule has 1 aromatic heterocycles. The molecule has 82 valence electrons. The Morgan fingerprint density at radius 1 is 1.38 bits per heavy atom. The van der Waals surface area contributed by atoms with Crippen molar-refractivity contribution in [3.63, 3.8) is 0 Å². The predicted octanol–water partition coefficient (Wildman–Crippen LogP) is 3.52. The molecule has 1 aromatic carbocycles. The molecule has 0 atom stereocenters. The summed E-state index contributed by atoms with van der Waals surface area (Å²) in [7, 11) is 0. The number of hydrogen-bond acceptors (Lipinski definition) is 3. The van der Waals surface area contributed by atoms with Crippen LogP contribution < -0.4 is 5.73 Å². The molecule has 4 heteroatoms. The lowest BCUT2D eigenvalue weighted by molar-refractivity contribution is 0.104. The molecule has 2 aromatic rings. The molecule has 0 aliphatic heterocycles. The van der Waals surface area contributed by atoms with Crippen LogP contribution in [0.15, 0.2) is 29.6 Å². The third kappa shape index (κ3) is 2.10. The highest BCUT2D eigenvalue weighted by Gasteiger charge is 2.13. The van der Waals surface area contributed by atoms with Crippen LogP contribution in [0.5, 0.6) is 0 Å². The Morgan fingerprint density at radius 2 is 2.12 bits per heavy atom. The number of ketones is 1. The minimum Gasteiger partial charge on any atom is -0.399 e. The largest absolute Gasteiger partial charge is 0.399 e. The second-order valence-electron chi connectivity index (χ2n) is 3.54. The summed E-state index contributed by atoms with van der Waals surface area (Å²) in [6.45, 7) is 1.91. The first-order valence-electron chi connectivity index (χ1n) is 4.73. The number of carbonyl (C=O) groups is 1. The topological polar surface area (TPSA) is 43.1 Å². The second kappa shape index (κ2) is 4.28. The number of halogens is 1. The summed E-state index contributed by atoms with van der Waals surface area (Å²) in [5.74, 6) is -0.0262. The van der Waals surface area contributed by atoms with Crippen molar-refractivity contribution < 1.29 is 4.79 Å². The maximum absolute atomic E-state index is 12.1. The number of benzene rings is 1. The van der Waals surface area contributed by atoms with Gasteiger partial charge in [0.2, 0.25) is 5.78 Å². The number of hydrogen-bond donors (Lipinski definition) is 1. The molecule has 2 nitrogen and oxygen atoms in total. The average molecular weight is 252 g/mol. The van der Waals surface area contributed by atoms with Gasteiger partial charge >= 0.3 is 0 Å². The van der Waals surface area contributed by atoms with Gasteiger partial charge in [-0.25, -0.2) is 0 Å². The van der Waals surface area contributed by atoms with E-state index in [1.165, 1.54) is 11.3 Å². The van der Waals surface area contributed by atoms with Crippen molar-refractivity contribution in [3.8, 4) is 0 Å². The first kappa shape index (κ1) is 11.2. The predicted molar refractivity (Wildman–Crippen MR) is 68.4 cm³/mol. The van der Waals surface area contributed by atoms with Crippen LogP contribution in [0.4, 0.5) is 5.69 Å². The standard InChI is InChI=1S/C12H10ClNOS/c1-7-2-3-16-12(7)11(15)8-4-9(13)6-10(14)5-8/h2-6H,14H2,1H3. The number of rotatable bonds is 2. The van der Waals surface area contributed by atoms with E-state index in [9.17, 15) is 4.79 Å². The smallest absolute Gasteiger partial charge is 0.203 e.